The van der Waals surface area contributed by atoms with Crippen molar-refractivity contribution in [3.63, 3.8) is 0 Å². The molecule has 1 aromatic heterocycles. The molecule has 2 aromatic rings. The molecule has 1 saturated carbocycles. The summed E-state index contributed by atoms with van der Waals surface area (Å²) < 4.78 is 16.7. The number of nitrogens with two attached hydrogens (primary N) is 1. The summed E-state index contributed by atoms with van der Waals surface area (Å²) in [5, 5.41) is 12.8. The summed E-state index contributed by atoms with van der Waals surface area (Å²) in [4.78, 5) is 8.54. The number of hydrogen-bond acceptors (Lipinski definition) is 8. The van der Waals surface area contributed by atoms with Gasteiger partial charge < -0.3 is 30.4 Å². The predicted octanol–water partition coefficient (Wildman–Crippen LogP) is 1.69. The van der Waals surface area contributed by atoms with E-state index in [0.717, 1.165) is 11.3 Å². The number of nitrogen functional groups attached to an aromatic ring is 1. The van der Waals surface area contributed by atoms with Crippen LogP contribution in [0.15, 0.2) is 18.2 Å². The minimum atomic E-state index is -0.241. The number of aliphatic hydroxyl groups is 1. The highest BCUT2D eigenvalue weighted by Crippen LogP contribution is 2.38. The minimum absolute atomic E-state index is 0.223. The Balaban J connectivity index is 1.52. The first kappa shape index (κ1) is 16.7. The summed E-state index contributed by atoms with van der Waals surface area (Å²) in [6.45, 7) is 1.56. The second-order valence-corrected chi connectivity index (χ2v) is 6.52. The van der Waals surface area contributed by atoms with Crippen molar-refractivity contribution >= 4 is 11.8 Å². The topological polar surface area (TPSA) is 112 Å². The first-order chi connectivity index (χ1) is 12.6. The standard InChI is InChI=1S/C18H22N4O4/c1-24-14-8-16-15(25-2-3-26-16)6-11(14)9-20-17-7-13(21-18(19)22-17)10-4-12(23)5-10/h6-8,10,12,23H,2-5,9H2,1H3,(H3,19,20,21,22). The van der Waals surface area contributed by atoms with E-state index in [9.17, 15) is 5.11 Å². The Morgan fingerprint density at radius 2 is 1.92 bits per heavy atom. The van der Waals surface area contributed by atoms with Crippen LogP contribution < -0.4 is 25.3 Å². The lowest BCUT2D eigenvalue weighted by atomic mass is 9.80. The van der Waals surface area contributed by atoms with Crippen LogP contribution in [0.5, 0.6) is 17.2 Å². The van der Waals surface area contributed by atoms with Gasteiger partial charge in [0.2, 0.25) is 5.95 Å². The lowest BCUT2D eigenvalue weighted by Gasteiger charge is -2.31. The van der Waals surface area contributed by atoms with Gasteiger partial charge in [0, 0.05) is 30.2 Å². The van der Waals surface area contributed by atoms with Crippen molar-refractivity contribution < 1.29 is 19.3 Å². The molecule has 4 N–H and O–H groups in total. The van der Waals surface area contributed by atoms with Crippen molar-refractivity contribution in [2.75, 3.05) is 31.4 Å². The van der Waals surface area contributed by atoms with Gasteiger partial charge in [-0.1, -0.05) is 0 Å². The number of benzene rings is 1. The number of rotatable bonds is 5. The summed E-state index contributed by atoms with van der Waals surface area (Å²) in [5.41, 5.74) is 7.63. The largest absolute Gasteiger partial charge is 0.496 e. The molecule has 0 saturated heterocycles. The van der Waals surface area contributed by atoms with E-state index in [1.165, 1.54) is 0 Å². The molecule has 1 aliphatic heterocycles. The first-order valence-electron chi connectivity index (χ1n) is 8.65. The molecule has 8 heteroatoms. The van der Waals surface area contributed by atoms with E-state index in [1.807, 2.05) is 18.2 Å². The molecule has 1 aliphatic carbocycles. The zero-order valence-electron chi connectivity index (χ0n) is 14.6. The maximum absolute atomic E-state index is 9.50. The van der Waals surface area contributed by atoms with E-state index in [0.29, 0.717) is 55.7 Å². The van der Waals surface area contributed by atoms with Crippen molar-refractivity contribution in [2.24, 2.45) is 0 Å². The van der Waals surface area contributed by atoms with Crippen LogP contribution in [0, 0.1) is 0 Å². The summed E-state index contributed by atoms with van der Waals surface area (Å²) in [5.74, 6) is 3.21. The zero-order valence-corrected chi connectivity index (χ0v) is 14.6. The van der Waals surface area contributed by atoms with Gasteiger partial charge in [-0.3, -0.25) is 0 Å². The highest BCUT2D eigenvalue weighted by Gasteiger charge is 2.30. The molecular weight excluding hydrogens is 336 g/mol. The predicted molar refractivity (Wildman–Crippen MR) is 95.7 cm³/mol. The van der Waals surface area contributed by atoms with Gasteiger partial charge in [-0.25, -0.2) is 4.98 Å². The van der Waals surface area contributed by atoms with Crippen LogP contribution in [-0.2, 0) is 6.54 Å². The van der Waals surface area contributed by atoms with E-state index < -0.39 is 0 Å². The number of nitrogens with zero attached hydrogens (tertiary/aromatic N) is 2. The fourth-order valence-electron chi connectivity index (χ4n) is 3.24. The first-order valence-corrected chi connectivity index (χ1v) is 8.65. The Morgan fingerprint density at radius 3 is 2.62 bits per heavy atom. The molecule has 0 amide bonds. The third kappa shape index (κ3) is 3.32. The van der Waals surface area contributed by atoms with E-state index in [2.05, 4.69) is 15.3 Å². The maximum atomic E-state index is 9.50. The van der Waals surface area contributed by atoms with E-state index >= 15 is 0 Å². The molecule has 1 aromatic carbocycles. The summed E-state index contributed by atoms with van der Waals surface area (Å²) in [6, 6.07) is 5.63. The van der Waals surface area contributed by atoms with Crippen LogP contribution in [0.25, 0.3) is 0 Å². The molecule has 2 aliphatic rings. The van der Waals surface area contributed by atoms with Gasteiger partial charge in [0.15, 0.2) is 11.5 Å². The maximum Gasteiger partial charge on any atom is 0.222 e. The lowest BCUT2D eigenvalue weighted by molar-refractivity contribution is 0.0732. The van der Waals surface area contributed by atoms with Crippen LogP contribution in [0.4, 0.5) is 11.8 Å². The fourth-order valence-corrected chi connectivity index (χ4v) is 3.24. The number of ether oxygens (including phenoxy) is 3. The van der Waals surface area contributed by atoms with Gasteiger partial charge in [0.25, 0.3) is 0 Å². The second-order valence-electron chi connectivity index (χ2n) is 6.52. The summed E-state index contributed by atoms with van der Waals surface area (Å²) >= 11 is 0. The number of aromatic nitrogens is 2. The Morgan fingerprint density at radius 1 is 1.19 bits per heavy atom. The number of hydrogen-bond donors (Lipinski definition) is 3. The Hall–Kier alpha value is -2.74. The van der Waals surface area contributed by atoms with Crippen molar-refractivity contribution in [3.05, 3.63) is 29.5 Å². The van der Waals surface area contributed by atoms with Crippen molar-refractivity contribution in [1.82, 2.24) is 9.97 Å². The lowest BCUT2D eigenvalue weighted by Crippen LogP contribution is -2.27. The second kappa shape index (κ2) is 6.87. The van der Waals surface area contributed by atoms with Crippen LogP contribution >= 0.6 is 0 Å². The van der Waals surface area contributed by atoms with Gasteiger partial charge in [-0.2, -0.15) is 4.98 Å². The SMILES string of the molecule is COc1cc2c(cc1CNc1cc(C3CC(O)C3)nc(N)n1)OCCO2. The van der Waals surface area contributed by atoms with Gasteiger partial charge in [0.05, 0.1) is 18.9 Å². The van der Waals surface area contributed by atoms with E-state index in [-0.39, 0.29) is 18.0 Å². The Bertz CT molecular complexity index is 808. The summed E-state index contributed by atoms with van der Waals surface area (Å²) in [7, 11) is 1.62. The molecular formula is C18H22N4O4. The molecule has 2 heterocycles. The van der Waals surface area contributed by atoms with Crippen LogP contribution in [0.3, 0.4) is 0 Å². The van der Waals surface area contributed by atoms with Gasteiger partial charge in [-0.05, 0) is 18.9 Å². The number of nitrogens with one attached hydrogen (secondary N) is 1. The third-order valence-corrected chi connectivity index (χ3v) is 4.70. The van der Waals surface area contributed by atoms with E-state index in [1.54, 1.807) is 7.11 Å². The average molecular weight is 358 g/mol. The summed E-state index contributed by atoms with van der Waals surface area (Å²) in [6.07, 6.45) is 1.19. The monoisotopic (exact) mass is 358 g/mol. The molecule has 138 valence electrons. The Labute approximate surface area is 151 Å². The molecule has 0 unspecified atom stereocenters. The van der Waals surface area contributed by atoms with Gasteiger partial charge >= 0.3 is 0 Å². The average Bonchev–Trinajstić information content (AvgIpc) is 2.62. The van der Waals surface area contributed by atoms with Gasteiger partial charge in [0.1, 0.15) is 24.8 Å². The fraction of sp³-hybridized carbons (Fsp3) is 0.444. The van der Waals surface area contributed by atoms with Crippen molar-refractivity contribution in [3.8, 4) is 17.2 Å². The molecule has 0 radical (unpaired) electrons. The van der Waals surface area contributed by atoms with Crippen molar-refractivity contribution in [1.29, 1.82) is 0 Å². The normalized spacial score (nSPS) is 21.0. The van der Waals surface area contributed by atoms with Crippen molar-refractivity contribution in [2.45, 2.75) is 31.4 Å². The number of anilines is 2. The number of methoxy groups -OCH3 is 1. The number of fused-ring (bicyclic) bond motifs is 1. The third-order valence-electron chi connectivity index (χ3n) is 4.70. The highest BCUT2D eigenvalue weighted by atomic mass is 16.6. The quantitative estimate of drug-likeness (QED) is 0.740. The smallest absolute Gasteiger partial charge is 0.222 e. The number of aliphatic hydroxyl groups excluding tert-OH is 1. The van der Waals surface area contributed by atoms with E-state index in [4.69, 9.17) is 19.9 Å². The minimum Gasteiger partial charge on any atom is -0.496 e. The van der Waals surface area contributed by atoms with Gasteiger partial charge in [-0.15, -0.1) is 0 Å². The molecule has 1 fully saturated rings. The molecule has 26 heavy (non-hydrogen) atoms. The molecule has 0 bridgehead atoms. The molecule has 4 rings (SSSR count). The molecule has 8 nitrogen and oxygen atoms in total. The van der Waals surface area contributed by atoms with Crippen LogP contribution in [0.2, 0.25) is 0 Å². The molecule has 0 spiro atoms. The highest BCUT2D eigenvalue weighted by molar-refractivity contribution is 5.53. The van der Waals surface area contributed by atoms with Crippen LogP contribution in [0.1, 0.15) is 30.0 Å². The zero-order chi connectivity index (χ0) is 18.1. The Kier molecular flexibility index (Phi) is 4.42. The molecule has 0 atom stereocenters. The van der Waals surface area contributed by atoms with Crippen LogP contribution in [-0.4, -0.2) is 41.5 Å².